The molecule has 26 heavy (non-hydrogen) atoms. The second-order valence-electron chi connectivity index (χ2n) is 7.47. The van der Waals surface area contributed by atoms with Crippen LogP contribution in [0.15, 0.2) is 48.5 Å². The van der Waals surface area contributed by atoms with Crippen molar-refractivity contribution in [1.29, 1.82) is 0 Å². The molecule has 0 aromatic heterocycles. The molecule has 2 amide bonds. The summed E-state index contributed by atoms with van der Waals surface area (Å²) in [5, 5.41) is 7.88. The molecule has 2 saturated carbocycles. The molecule has 0 heterocycles. The Kier molecular flexibility index (Phi) is 4.62. The van der Waals surface area contributed by atoms with Crippen LogP contribution in [0.1, 0.15) is 49.7 Å². The van der Waals surface area contributed by atoms with Crippen LogP contribution in [0.4, 0.5) is 4.79 Å². The first-order chi connectivity index (χ1) is 12.5. The minimum atomic E-state index is -0.311. The predicted molar refractivity (Wildman–Crippen MR) is 106 cm³/mol. The van der Waals surface area contributed by atoms with Crippen LogP contribution in [-0.4, -0.2) is 6.03 Å². The van der Waals surface area contributed by atoms with E-state index >= 15 is 0 Å². The first-order valence-electron chi connectivity index (χ1n) is 9.14. The van der Waals surface area contributed by atoms with E-state index in [4.69, 9.17) is 23.2 Å². The molecule has 2 N–H and O–H groups in total. The normalized spacial score (nSPS) is 19.8. The van der Waals surface area contributed by atoms with E-state index in [-0.39, 0.29) is 17.1 Å². The molecule has 0 bridgehead atoms. The van der Waals surface area contributed by atoms with Gasteiger partial charge < -0.3 is 10.6 Å². The quantitative estimate of drug-likeness (QED) is 0.687. The zero-order valence-electron chi connectivity index (χ0n) is 14.5. The standard InChI is InChI=1S/C21H22Cl2N2O/c22-17-7-1-5-15(13-17)20(9-3-10-20)24-19(26)25-21(11-4-12-21)16-6-2-8-18(23)14-16/h1-2,5-8,13-14H,3-4,9-12H2,(H2,24,25,26). The molecule has 0 aliphatic heterocycles. The van der Waals surface area contributed by atoms with Crippen LogP contribution in [-0.2, 0) is 11.1 Å². The molecule has 2 aromatic carbocycles. The molecule has 0 atom stereocenters. The number of hydrogen-bond acceptors (Lipinski definition) is 1. The van der Waals surface area contributed by atoms with Crippen molar-refractivity contribution < 1.29 is 4.79 Å². The van der Waals surface area contributed by atoms with Gasteiger partial charge in [0, 0.05) is 10.0 Å². The van der Waals surface area contributed by atoms with Crippen molar-refractivity contribution in [2.75, 3.05) is 0 Å². The Morgan fingerprint density at radius 2 is 1.19 bits per heavy atom. The topological polar surface area (TPSA) is 41.1 Å². The number of hydrogen-bond donors (Lipinski definition) is 2. The van der Waals surface area contributed by atoms with Crippen molar-refractivity contribution >= 4 is 29.2 Å². The summed E-state index contributed by atoms with van der Waals surface area (Å²) in [5.74, 6) is 0. The van der Waals surface area contributed by atoms with Gasteiger partial charge in [-0.2, -0.15) is 0 Å². The van der Waals surface area contributed by atoms with Gasteiger partial charge >= 0.3 is 6.03 Å². The van der Waals surface area contributed by atoms with Crippen LogP contribution in [0.2, 0.25) is 10.0 Å². The Bertz CT molecular complexity index is 761. The first kappa shape index (κ1) is 17.7. The molecule has 2 aromatic rings. The Balaban J connectivity index is 1.52. The summed E-state index contributed by atoms with van der Waals surface area (Å²) in [6.45, 7) is 0. The SMILES string of the molecule is O=C(NC1(c2cccc(Cl)c2)CCC1)NC1(c2cccc(Cl)c2)CCC1. The summed E-state index contributed by atoms with van der Waals surface area (Å²) >= 11 is 12.3. The highest BCUT2D eigenvalue weighted by atomic mass is 35.5. The summed E-state index contributed by atoms with van der Waals surface area (Å²) in [6.07, 6.45) is 5.95. The number of benzene rings is 2. The fourth-order valence-corrected chi connectivity index (χ4v) is 4.45. The van der Waals surface area contributed by atoms with Crippen molar-refractivity contribution in [1.82, 2.24) is 10.6 Å². The number of carbonyl (C=O) groups is 1. The third kappa shape index (κ3) is 3.19. The second kappa shape index (κ2) is 6.79. The van der Waals surface area contributed by atoms with Gasteiger partial charge in [-0.1, -0.05) is 47.5 Å². The Labute approximate surface area is 164 Å². The maximum Gasteiger partial charge on any atom is 0.316 e. The molecule has 0 saturated heterocycles. The second-order valence-corrected chi connectivity index (χ2v) is 8.34. The van der Waals surface area contributed by atoms with Crippen LogP contribution < -0.4 is 10.6 Å². The number of amides is 2. The molecule has 2 fully saturated rings. The van der Waals surface area contributed by atoms with Crippen LogP contribution in [0.5, 0.6) is 0 Å². The fraction of sp³-hybridized carbons (Fsp3) is 0.381. The average molecular weight is 389 g/mol. The molecule has 5 heteroatoms. The molecule has 2 aliphatic rings. The molecule has 136 valence electrons. The van der Waals surface area contributed by atoms with Crippen LogP contribution in [0, 0.1) is 0 Å². The van der Waals surface area contributed by atoms with Gasteiger partial charge in [0.05, 0.1) is 11.1 Å². The van der Waals surface area contributed by atoms with Crippen molar-refractivity contribution in [2.24, 2.45) is 0 Å². The summed E-state index contributed by atoms with van der Waals surface area (Å²) in [6, 6.07) is 15.5. The van der Waals surface area contributed by atoms with Gasteiger partial charge in [-0.3, -0.25) is 0 Å². The van der Waals surface area contributed by atoms with E-state index in [0.717, 1.165) is 49.7 Å². The maximum absolute atomic E-state index is 12.9. The summed E-state index contributed by atoms with van der Waals surface area (Å²) in [4.78, 5) is 12.9. The van der Waals surface area contributed by atoms with E-state index in [1.807, 2.05) is 48.5 Å². The van der Waals surface area contributed by atoms with E-state index in [0.29, 0.717) is 10.0 Å². The van der Waals surface area contributed by atoms with Crippen LogP contribution >= 0.6 is 23.2 Å². The van der Waals surface area contributed by atoms with Crippen molar-refractivity contribution in [3.63, 3.8) is 0 Å². The number of halogens is 2. The zero-order chi connectivity index (χ0) is 18.2. The van der Waals surface area contributed by atoms with Gasteiger partial charge in [0.2, 0.25) is 0 Å². The van der Waals surface area contributed by atoms with Crippen LogP contribution in [0.3, 0.4) is 0 Å². The molecule has 3 nitrogen and oxygen atoms in total. The van der Waals surface area contributed by atoms with Crippen molar-refractivity contribution in [3.05, 3.63) is 69.7 Å². The van der Waals surface area contributed by atoms with E-state index < -0.39 is 0 Å². The summed E-state index contributed by atoms with van der Waals surface area (Å²) in [7, 11) is 0. The third-order valence-corrected chi connectivity index (χ3v) is 6.34. The van der Waals surface area contributed by atoms with Gasteiger partial charge in [-0.25, -0.2) is 4.79 Å². The van der Waals surface area contributed by atoms with Gasteiger partial charge in [0.1, 0.15) is 0 Å². The van der Waals surface area contributed by atoms with Crippen molar-refractivity contribution in [2.45, 2.75) is 49.6 Å². The molecular weight excluding hydrogens is 367 g/mol. The van der Waals surface area contributed by atoms with Gasteiger partial charge in [-0.05, 0) is 73.9 Å². The average Bonchev–Trinajstić information content (AvgIpc) is 2.54. The van der Waals surface area contributed by atoms with E-state index in [9.17, 15) is 4.79 Å². The Hall–Kier alpha value is -1.71. The molecule has 0 spiro atoms. The molecular formula is C21H22Cl2N2O. The van der Waals surface area contributed by atoms with Crippen LogP contribution in [0.25, 0.3) is 0 Å². The molecule has 4 rings (SSSR count). The molecule has 0 unspecified atom stereocenters. The smallest absolute Gasteiger partial charge is 0.316 e. The van der Waals surface area contributed by atoms with Gasteiger partial charge in [-0.15, -0.1) is 0 Å². The lowest BCUT2D eigenvalue weighted by Crippen LogP contribution is -2.59. The Morgan fingerprint density at radius 1 is 0.769 bits per heavy atom. The van der Waals surface area contributed by atoms with Gasteiger partial charge in [0.25, 0.3) is 0 Å². The third-order valence-electron chi connectivity index (χ3n) is 5.87. The lowest BCUT2D eigenvalue weighted by molar-refractivity contribution is 0.148. The highest BCUT2D eigenvalue weighted by molar-refractivity contribution is 6.30. The largest absolute Gasteiger partial charge is 0.329 e. The number of urea groups is 1. The molecule has 0 radical (unpaired) electrons. The van der Waals surface area contributed by atoms with Gasteiger partial charge in [0.15, 0.2) is 0 Å². The fourth-order valence-electron chi connectivity index (χ4n) is 4.07. The van der Waals surface area contributed by atoms with E-state index in [1.54, 1.807) is 0 Å². The zero-order valence-corrected chi connectivity index (χ0v) is 16.0. The number of nitrogens with one attached hydrogen (secondary N) is 2. The Morgan fingerprint density at radius 3 is 1.50 bits per heavy atom. The van der Waals surface area contributed by atoms with E-state index in [2.05, 4.69) is 10.6 Å². The number of rotatable bonds is 4. The van der Waals surface area contributed by atoms with Crippen molar-refractivity contribution in [3.8, 4) is 0 Å². The minimum absolute atomic E-state index is 0.121. The number of carbonyl (C=O) groups excluding carboxylic acids is 1. The minimum Gasteiger partial charge on any atom is -0.329 e. The monoisotopic (exact) mass is 388 g/mol. The predicted octanol–water partition coefficient (Wildman–Crippen LogP) is 5.75. The highest BCUT2D eigenvalue weighted by Crippen LogP contribution is 2.44. The maximum atomic E-state index is 12.9. The van der Waals surface area contributed by atoms with E-state index in [1.165, 1.54) is 0 Å². The first-order valence-corrected chi connectivity index (χ1v) is 9.89. The summed E-state index contributed by atoms with van der Waals surface area (Å²) < 4.78 is 0. The lowest BCUT2D eigenvalue weighted by atomic mass is 9.71. The highest BCUT2D eigenvalue weighted by Gasteiger charge is 2.44. The molecule has 2 aliphatic carbocycles. The summed E-state index contributed by atoms with van der Waals surface area (Å²) in [5.41, 5.74) is 1.54. The lowest BCUT2D eigenvalue weighted by Gasteiger charge is -2.47.